The first-order valence-corrected chi connectivity index (χ1v) is 9.23. The topological polar surface area (TPSA) is 77.2 Å². The van der Waals surface area contributed by atoms with Crippen LogP contribution in [0.15, 0.2) is 58.2 Å². The predicted molar refractivity (Wildman–Crippen MR) is 101 cm³/mol. The van der Waals surface area contributed by atoms with Crippen molar-refractivity contribution in [3.63, 3.8) is 0 Å². The largest absolute Gasteiger partial charge is 0.494 e. The van der Waals surface area contributed by atoms with E-state index >= 15 is 0 Å². The molecule has 0 spiro atoms. The minimum absolute atomic E-state index is 0.135. The lowest BCUT2D eigenvalue weighted by molar-refractivity contribution is -0.115. The van der Waals surface area contributed by atoms with Gasteiger partial charge in [-0.2, -0.15) is 0 Å². The zero-order valence-corrected chi connectivity index (χ0v) is 15.6. The highest BCUT2D eigenvalue weighted by Crippen LogP contribution is 2.28. The van der Waals surface area contributed by atoms with Crippen LogP contribution in [-0.4, -0.2) is 28.0 Å². The number of para-hydroxylation sites is 1. The van der Waals surface area contributed by atoms with Gasteiger partial charge in [0.15, 0.2) is 0 Å². The van der Waals surface area contributed by atoms with Gasteiger partial charge in [-0.25, -0.2) is 4.39 Å². The van der Waals surface area contributed by atoms with Crippen LogP contribution in [0, 0.1) is 5.82 Å². The Labute approximate surface area is 160 Å². The molecule has 1 aromatic heterocycles. The minimum atomic E-state index is -0.543. The van der Waals surface area contributed by atoms with E-state index in [0.717, 1.165) is 23.1 Å². The summed E-state index contributed by atoms with van der Waals surface area (Å²) in [6, 6.07) is 13.3. The van der Waals surface area contributed by atoms with Crippen LogP contribution in [0.3, 0.4) is 0 Å². The summed E-state index contributed by atoms with van der Waals surface area (Å²) >= 11 is 1.10. The van der Waals surface area contributed by atoms with E-state index < -0.39 is 11.1 Å². The first kappa shape index (κ1) is 18.9. The highest BCUT2D eigenvalue weighted by molar-refractivity contribution is 8.00. The number of rotatable bonds is 7. The molecule has 0 fully saturated rings. The molecule has 0 bridgehead atoms. The maximum Gasteiger partial charge on any atom is 0.277 e. The molecular formula is C19H18FN3O3S. The summed E-state index contributed by atoms with van der Waals surface area (Å²) in [5.74, 6) is 0.264. The molecule has 3 rings (SSSR count). The van der Waals surface area contributed by atoms with E-state index in [1.807, 2.05) is 31.2 Å². The van der Waals surface area contributed by atoms with Crippen LogP contribution in [0.5, 0.6) is 5.75 Å². The van der Waals surface area contributed by atoms with Gasteiger partial charge >= 0.3 is 0 Å². The standard InChI is InChI=1S/C19H18FN3O3S/c1-3-25-14-10-8-13(9-11-14)18-22-23-19(26-18)27-12(2)17(24)21-16-7-5-4-6-15(16)20/h4-12H,3H2,1-2H3,(H,21,24). The zero-order chi connectivity index (χ0) is 19.2. The van der Waals surface area contributed by atoms with Crippen LogP contribution in [0.2, 0.25) is 0 Å². The van der Waals surface area contributed by atoms with Crippen molar-refractivity contribution in [2.45, 2.75) is 24.3 Å². The number of carbonyl (C=O) groups excluding carboxylic acids is 1. The quantitative estimate of drug-likeness (QED) is 0.606. The molecule has 0 saturated carbocycles. The van der Waals surface area contributed by atoms with Gasteiger partial charge < -0.3 is 14.5 Å². The molecule has 1 unspecified atom stereocenters. The van der Waals surface area contributed by atoms with Gasteiger partial charge in [-0.05, 0) is 50.2 Å². The van der Waals surface area contributed by atoms with Crippen molar-refractivity contribution in [2.24, 2.45) is 0 Å². The number of benzene rings is 2. The number of aromatic nitrogens is 2. The Bertz CT molecular complexity index is 915. The number of hydrogen-bond acceptors (Lipinski definition) is 6. The molecule has 27 heavy (non-hydrogen) atoms. The highest BCUT2D eigenvalue weighted by atomic mass is 32.2. The van der Waals surface area contributed by atoms with Gasteiger partial charge in [0.05, 0.1) is 17.5 Å². The second kappa shape index (κ2) is 8.68. The van der Waals surface area contributed by atoms with Crippen LogP contribution in [-0.2, 0) is 4.79 Å². The maximum absolute atomic E-state index is 13.6. The van der Waals surface area contributed by atoms with Crippen LogP contribution in [0.1, 0.15) is 13.8 Å². The lowest BCUT2D eigenvalue weighted by atomic mass is 10.2. The third-order valence-corrected chi connectivity index (χ3v) is 4.53. The fraction of sp³-hybridized carbons (Fsp3) is 0.211. The van der Waals surface area contributed by atoms with Crippen LogP contribution >= 0.6 is 11.8 Å². The van der Waals surface area contributed by atoms with Crippen LogP contribution in [0.25, 0.3) is 11.5 Å². The summed E-state index contributed by atoms with van der Waals surface area (Å²) in [5.41, 5.74) is 0.886. The lowest BCUT2D eigenvalue weighted by Crippen LogP contribution is -2.22. The number of nitrogens with zero attached hydrogens (tertiary/aromatic N) is 2. The fourth-order valence-electron chi connectivity index (χ4n) is 2.24. The Balaban J connectivity index is 1.62. The van der Waals surface area contributed by atoms with Gasteiger partial charge in [0.2, 0.25) is 11.8 Å². The SMILES string of the molecule is CCOc1ccc(-c2nnc(SC(C)C(=O)Nc3ccccc3F)o2)cc1. The Morgan fingerprint density at radius 1 is 1.22 bits per heavy atom. The minimum Gasteiger partial charge on any atom is -0.494 e. The van der Waals surface area contributed by atoms with E-state index in [1.165, 1.54) is 12.1 Å². The van der Waals surface area contributed by atoms with E-state index in [9.17, 15) is 9.18 Å². The summed E-state index contributed by atoms with van der Waals surface area (Å²) < 4.78 is 24.6. The third-order valence-electron chi connectivity index (χ3n) is 3.60. The van der Waals surface area contributed by atoms with Gasteiger partial charge in [-0.15, -0.1) is 10.2 Å². The molecule has 1 heterocycles. The van der Waals surface area contributed by atoms with Crippen molar-refractivity contribution in [3.8, 4) is 17.2 Å². The summed E-state index contributed by atoms with van der Waals surface area (Å²) in [5, 5.41) is 10.2. The van der Waals surface area contributed by atoms with E-state index in [4.69, 9.17) is 9.15 Å². The molecule has 1 atom stereocenters. The first-order valence-electron chi connectivity index (χ1n) is 8.35. The Hall–Kier alpha value is -2.87. The van der Waals surface area contributed by atoms with Gasteiger partial charge in [-0.3, -0.25) is 4.79 Å². The van der Waals surface area contributed by atoms with Gasteiger partial charge in [0, 0.05) is 5.56 Å². The number of hydrogen-bond donors (Lipinski definition) is 1. The number of ether oxygens (including phenoxy) is 1. The molecule has 0 aliphatic heterocycles. The van der Waals surface area contributed by atoms with Crippen molar-refractivity contribution in [1.29, 1.82) is 0 Å². The van der Waals surface area contributed by atoms with Crippen molar-refractivity contribution in [2.75, 3.05) is 11.9 Å². The normalized spacial score (nSPS) is 11.8. The Morgan fingerprint density at radius 3 is 2.67 bits per heavy atom. The average molecular weight is 387 g/mol. The maximum atomic E-state index is 13.6. The predicted octanol–water partition coefficient (Wildman–Crippen LogP) is 4.39. The van der Waals surface area contributed by atoms with Crippen molar-refractivity contribution >= 4 is 23.4 Å². The second-order valence-corrected chi connectivity index (χ2v) is 6.85. The second-order valence-electron chi connectivity index (χ2n) is 5.56. The number of carbonyl (C=O) groups is 1. The van der Waals surface area contributed by atoms with E-state index in [1.54, 1.807) is 19.1 Å². The Kier molecular flexibility index (Phi) is 6.08. The molecular weight excluding hydrogens is 369 g/mol. The number of anilines is 1. The Morgan fingerprint density at radius 2 is 1.96 bits per heavy atom. The molecule has 2 aromatic carbocycles. The van der Waals surface area contributed by atoms with Crippen LogP contribution in [0.4, 0.5) is 10.1 Å². The molecule has 8 heteroatoms. The van der Waals surface area contributed by atoms with E-state index in [2.05, 4.69) is 15.5 Å². The van der Waals surface area contributed by atoms with Crippen molar-refractivity contribution < 1.29 is 18.3 Å². The third kappa shape index (κ3) is 4.85. The van der Waals surface area contributed by atoms with Crippen LogP contribution < -0.4 is 10.1 Å². The summed E-state index contributed by atoms with van der Waals surface area (Å²) in [7, 11) is 0. The van der Waals surface area contributed by atoms with Gasteiger partial charge in [0.25, 0.3) is 5.22 Å². The lowest BCUT2D eigenvalue weighted by Gasteiger charge is -2.10. The molecule has 1 N–H and O–H groups in total. The molecule has 0 aliphatic rings. The monoisotopic (exact) mass is 387 g/mol. The van der Waals surface area contributed by atoms with E-state index in [0.29, 0.717) is 12.5 Å². The summed E-state index contributed by atoms with van der Waals surface area (Å²) in [6.45, 7) is 4.19. The molecule has 0 saturated heterocycles. The average Bonchev–Trinajstić information content (AvgIpc) is 3.13. The number of halogens is 1. The molecule has 3 aromatic rings. The van der Waals surface area contributed by atoms with Gasteiger partial charge in [-0.1, -0.05) is 23.9 Å². The molecule has 6 nitrogen and oxygen atoms in total. The number of amides is 1. The molecule has 140 valence electrons. The van der Waals surface area contributed by atoms with Crippen molar-refractivity contribution in [3.05, 3.63) is 54.3 Å². The molecule has 1 amide bonds. The number of nitrogens with one attached hydrogen (secondary N) is 1. The van der Waals surface area contributed by atoms with Crippen molar-refractivity contribution in [1.82, 2.24) is 10.2 Å². The smallest absolute Gasteiger partial charge is 0.277 e. The zero-order valence-electron chi connectivity index (χ0n) is 14.8. The molecule has 0 radical (unpaired) electrons. The summed E-state index contributed by atoms with van der Waals surface area (Å²) in [6.07, 6.45) is 0. The van der Waals surface area contributed by atoms with E-state index in [-0.39, 0.29) is 16.8 Å². The first-order chi connectivity index (χ1) is 13.1. The summed E-state index contributed by atoms with van der Waals surface area (Å²) in [4.78, 5) is 12.2. The van der Waals surface area contributed by atoms with Gasteiger partial charge in [0.1, 0.15) is 11.6 Å². The fourth-order valence-corrected chi connectivity index (χ4v) is 2.92. The molecule has 0 aliphatic carbocycles. The number of thioether (sulfide) groups is 1. The highest BCUT2D eigenvalue weighted by Gasteiger charge is 2.19.